The van der Waals surface area contributed by atoms with Crippen LogP contribution in [0.1, 0.15) is 6.92 Å². The number of amides is 2. The molecule has 13 heavy (non-hydrogen) atoms. The van der Waals surface area contributed by atoms with Crippen LogP contribution in [0.25, 0.3) is 0 Å². The number of carbonyl (C=O) groups is 2. The fourth-order valence-corrected chi connectivity index (χ4v) is 1.08. The molecule has 1 aliphatic rings. The van der Waals surface area contributed by atoms with Crippen LogP contribution in [0.15, 0.2) is 12.3 Å². The van der Waals surface area contributed by atoms with E-state index in [1.165, 1.54) is 26.0 Å². The Morgan fingerprint density at radius 1 is 1.54 bits per heavy atom. The number of nitrogens with one attached hydrogen (secondary N) is 1. The Morgan fingerprint density at radius 2 is 2.08 bits per heavy atom. The summed E-state index contributed by atoms with van der Waals surface area (Å²) in [5.41, 5.74) is -1.15. The highest BCUT2D eigenvalue weighted by Crippen LogP contribution is 2.18. The molecule has 1 aliphatic heterocycles. The van der Waals surface area contributed by atoms with Gasteiger partial charge in [-0.25, -0.2) is 0 Å². The highest BCUT2D eigenvalue weighted by Gasteiger charge is 2.43. The molecule has 0 saturated carbocycles. The molecule has 72 valence electrons. The third kappa shape index (κ3) is 1.31. The van der Waals surface area contributed by atoms with Gasteiger partial charge in [-0.1, -0.05) is 6.58 Å². The van der Waals surface area contributed by atoms with Crippen molar-refractivity contribution in [2.45, 2.75) is 12.6 Å². The average Bonchev–Trinajstić information content (AvgIpc) is 2.12. The molecule has 1 heterocycles. The molecule has 5 heteroatoms. The molecule has 2 amide bonds. The molecule has 1 N–H and O–H groups in total. The summed E-state index contributed by atoms with van der Waals surface area (Å²) in [4.78, 5) is 24.0. The number of hydrogen-bond donors (Lipinski definition) is 1. The fraction of sp³-hybridized carbons (Fsp3) is 0.500. The van der Waals surface area contributed by atoms with E-state index in [0.717, 1.165) is 0 Å². The third-order valence-electron chi connectivity index (χ3n) is 2.14. The summed E-state index contributed by atoms with van der Waals surface area (Å²) < 4.78 is 4.92. The van der Waals surface area contributed by atoms with E-state index >= 15 is 0 Å². The summed E-state index contributed by atoms with van der Waals surface area (Å²) in [5.74, 6) is -0.731. The van der Waals surface area contributed by atoms with Crippen molar-refractivity contribution < 1.29 is 14.3 Å². The summed E-state index contributed by atoms with van der Waals surface area (Å²) in [5, 5.41) is 2.42. The molecule has 0 aliphatic carbocycles. The first-order valence-electron chi connectivity index (χ1n) is 3.77. The van der Waals surface area contributed by atoms with Crippen molar-refractivity contribution in [3.8, 4) is 0 Å². The van der Waals surface area contributed by atoms with Gasteiger partial charge in [0, 0.05) is 14.2 Å². The maximum Gasteiger partial charge on any atom is 0.279 e. The van der Waals surface area contributed by atoms with Gasteiger partial charge in [0.1, 0.15) is 5.70 Å². The largest absolute Gasteiger partial charge is 0.351 e. The van der Waals surface area contributed by atoms with E-state index in [1.807, 2.05) is 0 Å². The lowest BCUT2D eigenvalue weighted by atomic mass is 10.1. The van der Waals surface area contributed by atoms with Crippen molar-refractivity contribution in [1.29, 1.82) is 0 Å². The molecule has 0 spiro atoms. The number of carbonyl (C=O) groups excluding carboxylic acids is 2. The number of methoxy groups -OCH3 is 1. The van der Waals surface area contributed by atoms with Crippen LogP contribution < -0.4 is 5.32 Å². The number of piperazine rings is 1. The molecule has 1 unspecified atom stereocenters. The van der Waals surface area contributed by atoms with Crippen LogP contribution >= 0.6 is 0 Å². The molecule has 0 bridgehead atoms. The number of hydrogen-bond acceptors (Lipinski definition) is 3. The van der Waals surface area contributed by atoms with Crippen molar-refractivity contribution in [2.75, 3.05) is 14.2 Å². The highest BCUT2D eigenvalue weighted by molar-refractivity contribution is 6.05. The molecular formula is C8H12N2O3. The minimum atomic E-state index is -1.27. The molecule has 0 radical (unpaired) electrons. The number of likely N-dealkylation sites (N-methyl/N-ethyl adjacent to an activating group) is 1. The number of ether oxygens (including phenoxy) is 1. The van der Waals surface area contributed by atoms with Gasteiger partial charge >= 0.3 is 0 Å². The molecule has 1 fully saturated rings. The van der Waals surface area contributed by atoms with Crippen molar-refractivity contribution in [3.05, 3.63) is 12.3 Å². The van der Waals surface area contributed by atoms with Gasteiger partial charge in [0.2, 0.25) is 5.72 Å². The zero-order chi connectivity index (χ0) is 10.2. The SMILES string of the molecule is C=C1C(=O)NC(C)(OC)C(=O)N1C. The van der Waals surface area contributed by atoms with Gasteiger partial charge in [0.25, 0.3) is 11.8 Å². The number of nitrogens with zero attached hydrogens (tertiary/aromatic N) is 1. The molecule has 0 aromatic heterocycles. The van der Waals surface area contributed by atoms with E-state index in [2.05, 4.69) is 11.9 Å². The smallest absolute Gasteiger partial charge is 0.279 e. The monoisotopic (exact) mass is 184 g/mol. The molecule has 1 saturated heterocycles. The first kappa shape index (κ1) is 9.73. The summed E-state index contributed by atoms with van der Waals surface area (Å²) >= 11 is 0. The molecule has 1 atom stereocenters. The molecule has 1 rings (SSSR count). The van der Waals surface area contributed by atoms with E-state index < -0.39 is 11.6 Å². The van der Waals surface area contributed by atoms with Crippen LogP contribution in [0, 0.1) is 0 Å². The predicted molar refractivity (Wildman–Crippen MR) is 45.5 cm³/mol. The van der Waals surface area contributed by atoms with Gasteiger partial charge in [-0.15, -0.1) is 0 Å². The van der Waals surface area contributed by atoms with Gasteiger partial charge in [-0.05, 0) is 6.92 Å². The molecular weight excluding hydrogens is 172 g/mol. The van der Waals surface area contributed by atoms with E-state index in [4.69, 9.17) is 4.74 Å². The van der Waals surface area contributed by atoms with Crippen LogP contribution in [0.5, 0.6) is 0 Å². The van der Waals surface area contributed by atoms with Crippen molar-refractivity contribution in [2.24, 2.45) is 0 Å². The maximum absolute atomic E-state index is 11.6. The third-order valence-corrected chi connectivity index (χ3v) is 2.14. The second-order valence-corrected chi connectivity index (χ2v) is 3.00. The zero-order valence-corrected chi connectivity index (χ0v) is 7.88. The molecule has 5 nitrogen and oxygen atoms in total. The Balaban J connectivity index is 3.02. The number of rotatable bonds is 1. The lowest BCUT2D eigenvalue weighted by Gasteiger charge is -2.37. The fourth-order valence-electron chi connectivity index (χ4n) is 1.08. The Bertz CT molecular complexity index is 287. The standard InChI is InChI=1S/C8H12N2O3/c1-5-6(11)9-8(2,13-4)7(12)10(5)3/h1H2,2-4H3,(H,9,11). The molecule has 0 aromatic carbocycles. The topological polar surface area (TPSA) is 58.6 Å². The zero-order valence-electron chi connectivity index (χ0n) is 7.88. The average molecular weight is 184 g/mol. The maximum atomic E-state index is 11.6. The van der Waals surface area contributed by atoms with Gasteiger partial charge in [0.15, 0.2) is 0 Å². The van der Waals surface area contributed by atoms with Crippen molar-refractivity contribution in [3.63, 3.8) is 0 Å². The van der Waals surface area contributed by atoms with Gasteiger partial charge in [0.05, 0.1) is 0 Å². The van der Waals surface area contributed by atoms with Crippen molar-refractivity contribution >= 4 is 11.8 Å². The summed E-state index contributed by atoms with van der Waals surface area (Å²) in [6.07, 6.45) is 0. The van der Waals surface area contributed by atoms with Gasteiger partial charge in [-0.2, -0.15) is 0 Å². The van der Waals surface area contributed by atoms with E-state index in [-0.39, 0.29) is 11.6 Å². The lowest BCUT2D eigenvalue weighted by Crippen LogP contribution is -2.63. The first-order chi connectivity index (χ1) is 5.92. The van der Waals surface area contributed by atoms with Gasteiger partial charge in [-0.3, -0.25) is 9.59 Å². The predicted octanol–water partition coefficient (Wildman–Crippen LogP) is -0.549. The normalized spacial score (nSPS) is 29.2. The van der Waals surface area contributed by atoms with Crippen LogP contribution in [-0.4, -0.2) is 36.6 Å². The van der Waals surface area contributed by atoms with Crippen LogP contribution in [0.3, 0.4) is 0 Å². The minimum Gasteiger partial charge on any atom is -0.351 e. The lowest BCUT2D eigenvalue weighted by molar-refractivity contribution is -0.163. The summed E-state index contributed by atoms with van der Waals surface area (Å²) in [6.45, 7) is 4.96. The highest BCUT2D eigenvalue weighted by atomic mass is 16.5. The second-order valence-electron chi connectivity index (χ2n) is 3.00. The summed E-state index contributed by atoms with van der Waals surface area (Å²) in [7, 11) is 2.85. The van der Waals surface area contributed by atoms with E-state index in [0.29, 0.717) is 0 Å². The quantitative estimate of drug-likeness (QED) is 0.556. The van der Waals surface area contributed by atoms with Crippen LogP contribution in [0.4, 0.5) is 0 Å². The van der Waals surface area contributed by atoms with Crippen LogP contribution in [0.2, 0.25) is 0 Å². The van der Waals surface area contributed by atoms with E-state index in [9.17, 15) is 9.59 Å². The molecule has 0 aromatic rings. The second kappa shape index (κ2) is 2.85. The Morgan fingerprint density at radius 3 is 2.54 bits per heavy atom. The van der Waals surface area contributed by atoms with Crippen LogP contribution in [-0.2, 0) is 14.3 Å². The Kier molecular flexibility index (Phi) is 2.13. The van der Waals surface area contributed by atoms with E-state index in [1.54, 1.807) is 0 Å². The first-order valence-corrected chi connectivity index (χ1v) is 3.77. The Labute approximate surface area is 76.3 Å². The van der Waals surface area contributed by atoms with Crippen molar-refractivity contribution in [1.82, 2.24) is 10.2 Å². The Hall–Kier alpha value is -1.36. The van der Waals surface area contributed by atoms with Gasteiger partial charge < -0.3 is 15.0 Å². The summed E-state index contributed by atoms with van der Waals surface area (Å²) in [6, 6.07) is 0. The minimum absolute atomic E-state index is 0.125.